The first-order chi connectivity index (χ1) is 10.4. The van der Waals surface area contributed by atoms with Crippen LogP contribution in [0.15, 0.2) is 54.9 Å². The van der Waals surface area contributed by atoms with E-state index >= 15 is 0 Å². The van der Waals surface area contributed by atoms with Crippen LogP contribution in [0.1, 0.15) is 17.5 Å². The molecule has 1 aromatic heterocycles. The summed E-state index contributed by atoms with van der Waals surface area (Å²) in [6.07, 6.45) is 2.37. The second-order valence-corrected chi connectivity index (χ2v) is 4.79. The van der Waals surface area contributed by atoms with Gasteiger partial charge in [-0.2, -0.15) is 0 Å². The smallest absolute Gasteiger partial charge is 0.0961 e. The van der Waals surface area contributed by atoms with E-state index in [0.717, 1.165) is 28.7 Å². The van der Waals surface area contributed by atoms with Crippen LogP contribution in [0.25, 0.3) is 11.0 Å². The van der Waals surface area contributed by atoms with Gasteiger partial charge in [-0.3, -0.25) is 0 Å². The van der Waals surface area contributed by atoms with Crippen LogP contribution in [-0.4, -0.2) is 21.3 Å². The Morgan fingerprint density at radius 2 is 1.86 bits per heavy atom. The molecule has 3 rings (SSSR count). The average molecular weight is 276 g/mol. The van der Waals surface area contributed by atoms with E-state index in [1.165, 1.54) is 0 Å². The maximum atomic E-state index is 8.82. The monoisotopic (exact) mass is 276 g/mol. The largest absolute Gasteiger partial charge is 0.395 e. The fourth-order valence-corrected chi connectivity index (χ4v) is 2.31. The Balaban J connectivity index is 1.93. The molecule has 0 unspecified atom stereocenters. The van der Waals surface area contributed by atoms with Crippen molar-refractivity contribution in [3.05, 3.63) is 66.0 Å². The van der Waals surface area contributed by atoms with Crippen molar-refractivity contribution < 1.29 is 5.11 Å². The molecular formula is C18H16N2O. The van der Waals surface area contributed by atoms with Crippen LogP contribution < -0.4 is 0 Å². The number of para-hydroxylation sites is 2. The highest BCUT2D eigenvalue weighted by molar-refractivity contribution is 5.75. The molecule has 2 aromatic carbocycles. The van der Waals surface area contributed by atoms with E-state index < -0.39 is 0 Å². The highest BCUT2D eigenvalue weighted by Crippen LogP contribution is 2.16. The summed E-state index contributed by atoms with van der Waals surface area (Å²) in [7, 11) is 0. The lowest BCUT2D eigenvalue weighted by Gasteiger charge is -2.07. The molecule has 0 aliphatic rings. The summed E-state index contributed by atoms with van der Waals surface area (Å²) in [4.78, 5) is 4.41. The number of aromatic nitrogens is 2. The lowest BCUT2D eigenvalue weighted by molar-refractivity contribution is 0.305. The molecule has 0 radical (unpaired) electrons. The molecule has 0 atom stereocenters. The lowest BCUT2D eigenvalue weighted by Crippen LogP contribution is -2.00. The highest BCUT2D eigenvalue weighted by Gasteiger charge is 2.04. The summed E-state index contributed by atoms with van der Waals surface area (Å²) in [6.45, 7) is 0.839. The number of imidazole rings is 1. The normalized spacial score (nSPS) is 10.3. The zero-order valence-corrected chi connectivity index (χ0v) is 11.7. The predicted molar refractivity (Wildman–Crippen MR) is 83.9 cm³/mol. The van der Waals surface area contributed by atoms with Gasteiger partial charge >= 0.3 is 0 Å². The van der Waals surface area contributed by atoms with Gasteiger partial charge < -0.3 is 9.67 Å². The highest BCUT2D eigenvalue weighted by atomic mass is 16.2. The molecule has 0 spiro atoms. The van der Waals surface area contributed by atoms with Crippen molar-refractivity contribution in [3.8, 4) is 11.8 Å². The molecule has 0 saturated heterocycles. The van der Waals surface area contributed by atoms with Gasteiger partial charge in [-0.15, -0.1) is 0 Å². The van der Waals surface area contributed by atoms with Crippen LogP contribution in [0.5, 0.6) is 0 Å². The summed E-state index contributed by atoms with van der Waals surface area (Å²) in [5.74, 6) is 6.11. The van der Waals surface area contributed by atoms with Gasteiger partial charge in [0, 0.05) is 12.0 Å². The number of benzene rings is 2. The van der Waals surface area contributed by atoms with Crippen LogP contribution in [0, 0.1) is 11.8 Å². The second kappa shape index (κ2) is 6.25. The Morgan fingerprint density at radius 1 is 1.05 bits per heavy atom. The summed E-state index contributed by atoms with van der Waals surface area (Å²) in [5.41, 5.74) is 4.28. The minimum Gasteiger partial charge on any atom is -0.395 e. The van der Waals surface area contributed by atoms with Crippen molar-refractivity contribution in [1.82, 2.24) is 9.55 Å². The van der Waals surface area contributed by atoms with Crippen LogP contribution in [-0.2, 0) is 6.54 Å². The first-order valence-electron chi connectivity index (χ1n) is 6.96. The molecule has 0 fully saturated rings. The van der Waals surface area contributed by atoms with Crippen LogP contribution in [0.3, 0.4) is 0 Å². The van der Waals surface area contributed by atoms with Crippen molar-refractivity contribution >= 4 is 11.0 Å². The maximum absolute atomic E-state index is 8.82. The maximum Gasteiger partial charge on any atom is 0.0961 e. The minimum atomic E-state index is 0.0985. The molecule has 3 aromatic rings. The minimum absolute atomic E-state index is 0.0985. The Morgan fingerprint density at radius 3 is 2.76 bits per heavy atom. The van der Waals surface area contributed by atoms with E-state index in [0.29, 0.717) is 6.42 Å². The standard InChI is InChI=1S/C18H16N2O/c21-12-6-5-8-15-7-1-2-9-16(15)13-20-14-19-17-10-3-4-11-18(17)20/h1-4,7,9-11,14,21H,6,12-13H2. The summed E-state index contributed by atoms with van der Waals surface area (Å²) in [6, 6.07) is 16.2. The molecule has 0 aliphatic carbocycles. The number of hydrogen-bond acceptors (Lipinski definition) is 2. The van der Waals surface area contributed by atoms with E-state index in [2.05, 4.69) is 33.5 Å². The predicted octanol–water partition coefficient (Wildman–Crippen LogP) is 2.82. The van der Waals surface area contributed by atoms with E-state index in [-0.39, 0.29) is 6.61 Å². The Kier molecular flexibility index (Phi) is 3.99. The van der Waals surface area contributed by atoms with Gasteiger partial charge in [0.25, 0.3) is 0 Å². The lowest BCUT2D eigenvalue weighted by atomic mass is 10.1. The fraction of sp³-hybridized carbons (Fsp3) is 0.167. The average Bonchev–Trinajstić information content (AvgIpc) is 2.93. The van der Waals surface area contributed by atoms with E-state index in [1.807, 2.05) is 42.7 Å². The Hall–Kier alpha value is -2.57. The molecular weight excluding hydrogens is 260 g/mol. The zero-order chi connectivity index (χ0) is 14.5. The van der Waals surface area contributed by atoms with Crippen LogP contribution >= 0.6 is 0 Å². The summed E-state index contributed by atoms with van der Waals surface area (Å²) >= 11 is 0. The third kappa shape index (κ3) is 2.96. The molecule has 0 aliphatic heterocycles. The number of fused-ring (bicyclic) bond motifs is 1. The Labute approximate surface area is 123 Å². The van der Waals surface area contributed by atoms with Gasteiger partial charge in [-0.05, 0) is 23.8 Å². The molecule has 104 valence electrons. The molecule has 0 saturated carbocycles. The quantitative estimate of drug-likeness (QED) is 0.747. The van der Waals surface area contributed by atoms with Crippen molar-refractivity contribution in [2.75, 3.05) is 6.61 Å². The molecule has 3 nitrogen and oxygen atoms in total. The molecule has 1 heterocycles. The molecule has 21 heavy (non-hydrogen) atoms. The van der Waals surface area contributed by atoms with Crippen LogP contribution in [0.2, 0.25) is 0 Å². The van der Waals surface area contributed by atoms with E-state index in [4.69, 9.17) is 5.11 Å². The second-order valence-electron chi connectivity index (χ2n) is 4.79. The van der Waals surface area contributed by atoms with E-state index in [9.17, 15) is 0 Å². The first kappa shape index (κ1) is 13.4. The van der Waals surface area contributed by atoms with E-state index in [1.54, 1.807) is 0 Å². The van der Waals surface area contributed by atoms with Crippen molar-refractivity contribution in [2.24, 2.45) is 0 Å². The molecule has 0 amide bonds. The number of aliphatic hydroxyl groups excluding tert-OH is 1. The van der Waals surface area contributed by atoms with Gasteiger partial charge in [0.2, 0.25) is 0 Å². The topological polar surface area (TPSA) is 38.0 Å². The Bertz CT molecular complexity index is 808. The van der Waals surface area contributed by atoms with Gasteiger partial charge in [0.15, 0.2) is 0 Å². The zero-order valence-electron chi connectivity index (χ0n) is 11.7. The third-order valence-corrected chi connectivity index (χ3v) is 3.35. The summed E-state index contributed by atoms with van der Waals surface area (Å²) < 4.78 is 2.13. The molecule has 1 N–H and O–H groups in total. The number of nitrogens with zero attached hydrogens (tertiary/aromatic N) is 2. The van der Waals surface area contributed by atoms with Gasteiger partial charge in [-0.25, -0.2) is 4.98 Å². The number of rotatable bonds is 3. The molecule has 3 heteroatoms. The number of hydrogen-bond donors (Lipinski definition) is 1. The third-order valence-electron chi connectivity index (χ3n) is 3.35. The van der Waals surface area contributed by atoms with Gasteiger partial charge in [0.05, 0.1) is 30.5 Å². The first-order valence-corrected chi connectivity index (χ1v) is 6.96. The summed E-state index contributed by atoms with van der Waals surface area (Å²) in [5, 5.41) is 8.82. The fourth-order valence-electron chi connectivity index (χ4n) is 2.31. The van der Waals surface area contributed by atoms with Crippen LogP contribution in [0.4, 0.5) is 0 Å². The SMILES string of the molecule is OCCC#Cc1ccccc1Cn1cnc2ccccc21. The van der Waals surface area contributed by atoms with Gasteiger partial charge in [-0.1, -0.05) is 42.2 Å². The van der Waals surface area contributed by atoms with Crippen molar-refractivity contribution in [3.63, 3.8) is 0 Å². The molecule has 0 bridgehead atoms. The van der Waals surface area contributed by atoms with Crippen molar-refractivity contribution in [2.45, 2.75) is 13.0 Å². The number of aliphatic hydroxyl groups is 1. The van der Waals surface area contributed by atoms with Crippen molar-refractivity contribution in [1.29, 1.82) is 0 Å². The van der Waals surface area contributed by atoms with Gasteiger partial charge in [0.1, 0.15) is 0 Å².